The number of rotatable bonds is 9. The summed E-state index contributed by atoms with van der Waals surface area (Å²) in [4.78, 5) is 39.3. The van der Waals surface area contributed by atoms with Gasteiger partial charge in [-0.1, -0.05) is 18.2 Å². The molecule has 5 aromatic rings. The number of benzene rings is 2. The fourth-order valence-corrected chi connectivity index (χ4v) is 4.97. The fourth-order valence-electron chi connectivity index (χ4n) is 4.97. The standard InChI is InChI=1S/C30H27FN10O3.2ClH/c1-40-14-19(13-35-40)36-30-38-26(37-29(34)39-30)20-3-2-4-24(21(20)15-44-28(43)23(33)7-9-32)41-10-8-17-11-18(16-5-6-16)12-22(31)25(17)27(41)42;;/h2-4,8,10-14,16,23H,5-7,15,33H2,1H3,(H3,34,36,37,38,39);2*1H. The van der Waals surface area contributed by atoms with Crippen LogP contribution in [-0.2, 0) is 23.2 Å². The Balaban J connectivity index is 0.00000240. The third-order valence-corrected chi connectivity index (χ3v) is 7.27. The number of nitrogens with two attached hydrogens (primary N) is 2. The van der Waals surface area contributed by atoms with Gasteiger partial charge in [0.15, 0.2) is 5.82 Å². The minimum Gasteiger partial charge on any atom is -0.460 e. The number of halogens is 3. The SMILES string of the molecule is Cl.Cl.Cn1cc(Nc2nc(N)nc(-c3cccc(-n4ccc5cc(C6CC6)cc(F)c5c4=O)c3COC(=O)C(N)CC#N)n2)cn1. The van der Waals surface area contributed by atoms with Crippen LogP contribution in [0, 0.1) is 17.1 Å². The number of nitriles is 1. The number of anilines is 3. The van der Waals surface area contributed by atoms with E-state index < -0.39 is 23.4 Å². The van der Waals surface area contributed by atoms with Crippen LogP contribution in [0.1, 0.15) is 36.3 Å². The van der Waals surface area contributed by atoms with Crippen LogP contribution in [0.25, 0.3) is 27.8 Å². The van der Waals surface area contributed by atoms with Crippen molar-refractivity contribution in [1.82, 2.24) is 29.3 Å². The van der Waals surface area contributed by atoms with Gasteiger partial charge in [-0.15, -0.1) is 24.8 Å². The molecular formula is C30H29Cl2FN10O3. The number of aryl methyl sites for hydroxylation is 1. The molecule has 3 heterocycles. The maximum Gasteiger partial charge on any atom is 0.324 e. The number of fused-ring (bicyclic) bond motifs is 1. The van der Waals surface area contributed by atoms with E-state index in [0.29, 0.717) is 33.8 Å². The summed E-state index contributed by atoms with van der Waals surface area (Å²) >= 11 is 0. The number of ether oxygens (including phenoxy) is 1. The van der Waals surface area contributed by atoms with Gasteiger partial charge < -0.3 is 21.5 Å². The Morgan fingerprint density at radius 3 is 2.70 bits per heavy atom. The van der Waals surface area contributed by atoms with E-state index >= 15 is 4.39 Å². The summed E-state index contributed by atoms with van der Waals surface area (Å²) < 4.78 is 23.7. The molecule has 1 unspecified atom stereocenters. The summed E-state index contributed by atoms with van der Waals surface area (Å²) in [6.07, 6.45) is 6.59. The molecule has 2 aromatic carbocycles. The number of hydrogen-bond acceptors (Lipinski definition) is 11. The minimum absolute atomic E-state index is 0. The predicted molar refractivity (Wildman–Crippen MR) is 174 cm³/mol. The van der Waals surface area contributed by atoms with Gasteiger partial charge in [-0.3, -0.25) is 18.8 Å². The number of aromatic nitrogens is 6. The van der Waals surface area contributed by atoms with Crippen molar-refractivity contribution in [2.24, 2.45) is 12.8 Å². The second kappa shape index (κ2) is 13.9. The molecule has 0 saturated heterocycles. The highest BCUT2D eigenvalue weighted by Gasteiger charge is 2.26. The molecule has 1 saturated carbocycles. The van der Waals surface area contributed by atoms with Gasteiger partial charge in [0.2, 0.25) is 11.9 Å². The molecule has 0 amide bonds. The molecular weight excluding hydrogens is 638 g/mol. The number of pyridine rings is 1. The highest BCUT2D eigenvalue weighted by atomic mass is 35.5. The van der Waals surface area contributed by atoms with Crippen LogP contribution in [0.2, 0.25) is 0 Å². The van der Waals surface area contributed by atoms with Crippen molar-refractivity contribution in [2.45, 2.75) is 37.8 Å². The molecule has 16 heteroatoms. The van der Waals surface area contributed by atoms with E-state index in [1.54, 1.807) is 54.6 Å². The molecule has 6 rings (SSSR count). The number of hydrogen-bond donors (Lipinski definition) is 3. The minimum atomic E-state index is -1.17. The van der Waals surface area contributed by atoms with Crippen LogP contribution in [0.5, 0.6) is 0 Å². The van der Waals surface area contributed by atoms with E-state index in [-0.39, 0.29) is 60.9 Å². The highest BCUT2D eigenvalue weighted by Crippen LogP contribution is 2.41. The molecule has 1 fully saturated rings. The molecule has 1 aliphatic carbocycles. The Morgan fingerprint density at radius 2 is 2.00 bits per heavy atom. The van der Waals surface area contributed by atoms with Crippen LogP contribution in [-0.4, -0.2) is 41.3 Å². The number of nitrogens with zero attached hydrogens (tertiary/aromatic N) is 7. The second-order valence-electron chi connectivity index (χ2n) is 10.5. The molecule has 46 heavy (non-hydrogen) atoms. The lowest BCUT2D eigenvalue weighted by atomic mass is 10.0. The first kappa shape index (κ1) is 33.8. The molecule has 0 aliphatic heterocycles. The number of esters is 1. The molecule has 0 bridgehead atoms. The maximum atomic E-state index is 15.3. The first-order valence-corrected chi connectivity index (χ1v) is 13.8. The van der Waals surface area contributed by atoms with E-state index in [1.807, 2.05) is 12.1 Å². The van der Waals surface area contributed by atoms with Crippen LogP contribution >= 0.6 is 24.8 Å². The zero-order valence-electron chi connectivity index (χ0n) is 24.4. The maximum absolute atomic E-state index is 15.3. The second-order valence-corrected chi connectivity index (χ2v) is 10.5. The van der Waals surface area contributed by atoms with Crippen molar-refractivity contribution >= 4 is 59.1 Å². The van der Waals surface area contributed by atoms with Crippen LogP contribution < -0.4 is 22.3 Å². The molecule has 238 valence electrons. The topological polar surface area (TPSA) is 193 Å². The number of carbonyl (C=O) groups excluding carboxylic acids is 1. The summed E-state index contributed by atoms with van der Waals surface area (Å²) in [6, 6.07) is 10.6. The Bertz CT molecular complexity index is 2020. The van der Waals surface area contributed by atoms with E-state index in [4.69, 9.17) is 21.5 Å². The van der Waals surface area contributed by atoms with Crippen LogP contribution in [0.3, 0.4) is 0 Å². The summed E-state index contributed by atoms with van der Waals surface area (Å²) in [5.74, 6) is -0.958. The average Bonchev–Trinajstić information content (AvgIpc) is 3.77. The third kappa shape index (κ3) is 6.91. The molecule has 0 radical (unpaired) electrons. The van der Waals surface area contributed by atoms with Gasteiger partial charge in [-0.05, 0) is 47.9 Å². The van der Waals surface area contributed by atoms with Crippen LogP contribution in [0.4, 0.5) is 22.0 Å². The van der Waals surface area contributed by atoms with Crippen molar-refractivity contribution in [3.05, 3.63) is 82.3 Å². The summed E-state index contributed by atoms with van der Waals surface area (Å²) in [5.41, 5.74) is 13.7. The lowest BCUT2D eigenvalue weighted by molar-refractivity contribution is -0.146. The zero-order chi connectivity index (χ0) is 31.0. The predicted octanol–water partition coefficient (Wildman–Crippen LogP) is 4.05. The van der Waals surface area contributed by atoms with Gasteiger partial charge >= 0.3 is 5.97 Å². The number of carbonyl (C=O) groups is 1. The zero-order valence-corrected chi connectivity index (χ0v) is 26.0. The van der Waals surface area contributed by atoms with E-state index in [0.717, 1.165) is 18.4 Å². The summed E-state index contributed by atoms with van der Waals surface area (Å²) in [7, 11) is 1.76. The van der Waals surface area contributed by atoms with E-state index in [1.165, 1.54) is 10.6 Å². The first-order chi connectivity index (χ1) is 21.2. The molecule has 0 spiro atoms. The van der Waals surface area contributed by atoms with Crippen molar-refractivity contribution in [3.8, 4) is 23.1 Å². The first-order valence-electron chi connectivity index (χ1n) is 13.8. The highest BCUT2D eigenvalue weighted by molar-refractivity contribution is 5.86. The van der Waals surface area contributed by atoms with Gasteiger partial charge in [-0.2, -0.15) is 25.3 Å². The molecule has 13 nitrogen and oxygen atoms in total. The van der Waals surface area contributed by atoms with Crippen molar-refractivity contribution in [2.75, 3.05) is 11.1 Å². The van der Waals surface area contributed by atoms with Crippen molar-refractivity contribution in [1.29, 1.82) is 5.26 Å². The largest absolute Gasteiger partial charge is 0.460 e. The average molecular weight is 668 g/mol. The van der Waals surface area contributed by atoms with E-state index in [2.05, 4.69) is 25.4 Å². The Morgan fingerprint density at radius 1 is 1.22 bits per heavy atom. The smallest absolute Gasteiger partial charge is 0.324 e. The van der Waals surface area contributed by atoms with Gasteiger partial charge in [-0.25, -0.2) is 4.39 Å². The van der Waals surface area contributed by atoms with Crippen molar-refractivity contribution < 1.29 is 13.9 Å². The van der Waals surface area contributed by atoms with E-state index in [9.17, 15) is 9.59 Å². The van der Waals surface area contributed by atoms with Gasteiger partial charge in [0.1, 0.15) is 18.5 Å². The van der Waals surface area contributed by atoms with Gasteiger partial charge in [0, 0.05) is 30.6 Å². The molecule has 5 N–H and O–H groups in total. The normalized spacial score (nSPS) is 12.8. The Labute approximate surface area is 274 Å². The number of nitrogen functional groups attached to an aromatic ring is 1. The lowest BCUT2D eigenvalue weighted by Crippen LogP contribution is -2.32. The number of nitrogens with one attached hydrogen (secondary N) is 1. The fraction of sp³-hybridized carbons (Fsp3) is 0.233. The van der Waals surface area contributed by atoms with Gasteiger partial charge in [0.25, 0.3) is 5.56 Å². The monoisotopic (exact) mass is 666 g/mol. The molecule has 1 atom stereocenters. The Hall–Kier alpha value is -5.10. The van der Waals surface area contributed by atoms with Crippen molar-refractivity contribution in [3.63, 3.8) is 0 Å². The lowest BCUT2D eigenvalue weighted by Gasteiger charge is -2.18. The molecule has 1 aliphatic rings. The van der Waals surface area contributed by atoms with Gasteiger partial charge in [0.05, 0.1) is 35.4 Å². The Kier molecular flexibility index (Phi) is 10.2. The van der Waals surface area contributed by atoms with Crippen LogP contribution in [0.15, 0.2) is 59.8 Å². The molecule has 3 aromatic heterocycles. The third-order valence-electron chi connectivity index (χ3n) is 7.27. The quantitative estimate of drug-likeness (QED) is 0.192. The summed E-state index contributed by atoms with van der Waals surface area (Å²) in [5, 5.41) is 16.5. The summed E-state index contributed by atoms with van der Waals surface area (Å²) in [6.45, 7) is -0.367.